The summed E-state index contributed by atoms with van der Waals surface area (Å²) in [5.41, 5.74) is 3.16. The minimum absolute atomic E-state index is 0.485. The van der Waals surface area contributed by atoms with Gasteiger partial charge in [-0.2, -0.15) is 5.10 Å². The summed E-state index contributed by atoms with van der Waals surface area (Å²) in [6.45, 7) is 2.04. The van der Waals surface area contributed by atoms with E-state index in [9.17, 15) is 4.57 Å². The van der Waals surface area contributed by atoms with Crippen LogP contribution in [-0.4, -0.2) is 21.1 Å². The highest BCUT2D eigenvalue weighted by Gasteiger charge is 2.53. The van der Waals surface area contributed by atoms with Crippen molar-refractivity contribution in [2.75, 3.05) is 0 Å². The van der Waals surface area contributed by atoms with E-state index < -0.39 is 7.14 Å². The number of aryl methyl sites for hydroxylation is 2. The molecule has 0 aliphatic heterocycles. The maximum atomic E-state index is 13.2. The number of hydrogen-bond donors (Lipinski definition) is 0. The lowest BCUT2D eigenvalue weighted by molar-refractivity contribution is 0.576. The van der Waals surface area contributed by atoms with E-state index in [4.69, 9.17) is 0 Å². The zero-order valence-electron chi connectivity index (χ0n) is 9.31. The van der Waals surface area contributed by atoms with Crippen LogP contribution in [0.5, 0.6) is 0 Å². The lowest BCUT2D eigenvalue weighted by Crippen LogP contribution is -2.22. The summed E-state index contributed by atoms with van der Waals surface area (Å²) in [6.07, 6.45) is 6.51. The lowest BCUT2D eigenvalue weighted by Gasteiger charge is -2.18. The quantitative estimate of drug-likeness (QED) is 0.736. The van der Waals surface area contributed by atoms with E-state index in [0.717, 1.165) is 11.0 Å². The smallest absolute Gasteiger partial charge is 0.138 e. The molecular formula is C11H17N2OP. The Balaban J connectivity index is 2.12. The molecule has 0 atom stereocenters. The van der Waals surface area contributed by atoms with Gasteiger partial charge in [-0.3, -0.25) is 4.68 Å². The highest BCUT2D eigenvalue weighted by Crippen LogP contribution is 2.69. The zero-order chi connectivity index (χ0) is 10.6. The second-order valence-electron chi connectivity index (χ2n) is 4.95. The van der Waals surface area contributed by atoms with E-state index in [-0.39, 0.29) is 0 Å². The molecule has 1 heterocycles. The molecule has 3 rings (SSSR count). The highest BCUT2D eigenvalue weighted by atomic mass is 31.2. The molecule has 0 bridgehead atoms. The predicted molar refractivity (Wildman–Crippen MR) is 61.2 cm³/mol. The third-order valence-corrected chi connectivity index (χ3v) is 8.10. The standard InChI is InChI=1S/C11H17N2OP/c1-8-7-12-13(2)11(8)15(14,9-3-4-9)10-5-6-10/h7,9-10H,3-6H2,1-2H3. The van der Waals surface area contributed by atoms with Crippen molar-refractivity contribution in [1.29, 1.82) is 0 Å². The maximum Gasteiger partial charge on any atom is 0.138 e. The maximum absolute atomic E-state index is 13.2. The van der Waals surface area contributed by atoms with E-state index in [1.54, 1.807) is 0 Å². The van der Waals surface area contributed by atoms with Crippen molar-refractivity contribution in [1.82, 2.24) is 9.78 Å². The van der Waals surface area contributed by atoms with Crippen molar-refractivity contribution in [3.8, 4) is 0 Å². The summed E-state index contributed by atoms with van der Waals surface area (Å²) in [5, 5.41) is 4.25. The monoisotopic (exact) mass is 224 g/mol. The van der Waals surface area contributed by atoms with Gasteiger partial charge in [0, 0.05) is 18.4 Å². The molecular weight excluding hydrogens is 207 g/mol. The van der Waals surface area contributed by atoms with Crippen LogP contribution in [0.1, 0.15) is 31.2 Å². The first-order valence-electron chi connectivity index (χ1n) is 5.72. The van der Waals surface area contributed by atoms with Crippen LogP contribution in [0.2, 0.25) is 0 Å². The van der Waals surface area contributed by atoms with E-state index in [1.165, 1.54) is 25.7 Å². The first-order valence-corrected chi connectivity index (χ1v) is 7.57. The third kappa shape index (κ3) is 1.32. The topological polar surface area (TPSA) is 34.9 Å². The second kappa shape index (κ2) is 2.98. The molecule has 15 heavy (non-hydrogen) atoms. The fourth-order valence-corrected chi connectivity index (χ4v) is 6.84. The molecule has 0 saturated heterocycles. The summed E-state index contributed by atoms with van der Waals surface area (Å²) in [7, 11) is -0.190. The van der Waals surface area contributed by atoms with Crippen LogP contribution in [0.4, 0.5) is 0 Å². The molecule has 82 valence electrons. The Bertz CT molecular complexity index is 408. The van der Waals surface area contributed by atoms with Crippen LogP contribution in [-0.2, 0) is 11.6 Å². The van der Waals surface area contributed by atoms with E-state index in [0.29, 0.717) is 11.3 Å². The van der Waals surface area contributed by atoms with Crippen molar-refractivity contribution in [2.45, 2.75) is 43.9 Å². The van der Waals surface area contributed by atoms with Crippen LogP contribution in [0.15, 0.2) is 6.20 Å². The zero-order valence-corrected chi connectivity index (χ0v) is 10.2. The Morgan fingerprint density at radius 2 is 1.87 bits per heavy atom. The molecule has 0 N–H and O–H groups in total. The molecule has 0 aromatic carbocycles. The molecule has 2 aliphatic rings. The van der Waals surface area contributed by atoms with Crippen molar-refractivity contribution >= 4 is 12.6 Å². The number of hydrogen-bond acceptors (Lipinski definition) is 2. The number of rotatable bonds is 3. The average Bonchev–Trinajstić information content (AvgIpc) is 3.02. The van der Waals surface area contributed by atoms with Crippen molar-refractivity contribution in [3.05, 3.63) is 11.8 Å². The molecule has 3 nitrogen and oxygen atoms in total. The number of aromatic nitrogens is 2. The lowest BCUT2D eigenvalue weighted by atomic mass is 10.4. The van der Waals surface area contributed by atoms with Gasteiger partial charge in [0.25, 0.3) is 0 Å². The van der Waals surface area contributed by atoms with E-state index in [1.807, 2.05) is 24.9 Å². The molecule has 1 aromatic rings. The van der Waals surface area contributed by atoms with Crippen molar-refractivity contribution < 1.29 is 4.57 Å². The summed E-state index contributed by atoms with van der Waals surface area (Å²) in [5.74, 6) is 0. The minimum Gasteiger partial charge on any atom is -0.316 e. The third-order valence-electron chi connectivity index (χ3n) is 3.59. The van der Waals surface area contributed by atoms with Crippen molar-refractivity contribution in [2.24, 2.45) is 7.05 Å². The Kier molecular flexibility index (Phi) is 1.91. The molecule has 2 saturated carbocycles. The molecule has 4 heteroatoms. The summed E-state index contributed by atoms with van der Waals surface area (Å²) >= 11 is 0. The molecule has 0 radical (unpaired) electrons. The number of nitrogens with zero attached hydrogens (tertiary/aromatic N) is 2. The van der Waals surface area contributed by atoms with Gasteiger partial charge in [0.1, 0.15) is 12.6 Å². The second-order valence-corrected chi connectivity index (χ2v) is 8.25. The molecule has 1 aromatic heterocycles. The summed E-state index contributed by atoms with van der Waals surface area (Å²) in [6, 6.07) is 0. The van der Waals surface area contributed by atoms with Gasteiger partial charge < -0.3 is 4.57 Å². The van der Waals surface area contributed by atoms with E-state index in [2.05, 4.69) is 5.10 Å². The molecule has 2 fully saturated rings. The Hall–Kier alpha value is -0.560. The van der Waals surface area contributed by atoms with Crippen LogP contribution in [0.3, 0.4) is 0 Å². The van der Waals surface area contributed by atoms with E-state index >= 15 is 0 Å². The van der Waals surface area contributed by atoms with Crippen LogP contribution in [0, 0.1) is 6.92 Å². The van der Waals surface area contributed by atoms with Crippen molar-refractivity contribution in [3.63, 3.8) is 0 Å². The van der Waals surface area contributed by atoms with Gasteiger partial charge in [-0.1, -0.05) is 0 Å². The van der Waals surface area contributed by atoms with Gasteiger partial charge in [0.2, 0.25) is 0 Å². The van der Waals surface area contributed by atoms with Crippen LogP contribution >= 0.6 is 7.14 Å². The fraction of sp³-hybridized carbons (Fsp3) is 0.727. The first-order chi connectivity index (χ1) is 7.14. The van der Waals surface area contributed by atoms with Gasteiger partial charge in [-0.25, -0.2) is 0 Å². The highest BCUT2D eigenvalue weighted by molar-refractivity contribution is 7.73. The Labute approximate surface area is 90.2 Å². The van der Waals surface area contributed by atoms with Crippen LogP contribution in [0.25, 0.3) is 0 Å². The Morgan fingerprint density at radius 1 is 1.33 bits per heavy atom. The van der Waals surface area contributed by atoms with Gasteiger partial charge >= 0.3 is 0 Å². The van der Waals surface area contributed by atoms with Gasteiger partial charge in [-0.15, -0.1) is 0 Å². The molecule has 2 aliphatic carbocycles. The summed E-state index contributed by atoms with van der Waals surface area (Å²) < 4.78 is 15.0. The SMILES string of the molecule is Cc1cnn(C)c1P(=O)(C1CC1)C1CC1. The van der Waals surface area contributed by atoms with Crippen LogP contribution < -0.4 is 5.44 Å². The molecule has 0 spiro atoms. The molecule has 0 amide bonds. The molecule has 0 unspecified atom stereocenters. The normalized spacial score (nSPS) is 22.0. The summed E-state index contributed by atoms with van der Waals surface area (Å²) in [4.78, 5) is 0. The average molecular weight is 224 g/mol. The largest absolute Gasteiger partial charge is 0.316 e. The first kappa shape index (κ1) is 9.65. The van der Waals surface area contributed by atoms with Gasteiger partial charge in [0.15, 0.2) is 0 Å². The fourth-order valence-electron chi connectivity index (χ4n) is 2.60. The Morgan fingerprint density at radius 3 is 2.20 bits per heavy atom. The van der Waals surface area contributed by atoms with Gasteiger partial charge in [0.05, 0.1) is 6.20 Å². The van der Waals surface area contributed by atoms with Gasteiger partial charge in [-0.05, 0) is 38.2 Å². The predicted octanol–water partition coefficient (Wildman–Crippen LogP) is 2.04. The minimum atomic E-state index is -2.12.